The van der Waals surface area contributed by atoms with Crippen LogP contribution in [-0.2, 0) is 0 Å². The molecule has 0 unspecified atom stereocenters. The largest absolute Gasteiger partial charge is 0.447 e. The van der Waals surface area contributed by atoms with Gasteiger partial charge in [0.05, 0.1) is 11.4 Å². The Bertz CT molecular complexity index is 2460. The first-order chi connectivity index (χ1) is 24.8. The maximum Gasteiger partial charge on any atom is 0.196 e. The van der Waals surface area contributed by atoms with Crippen LogP contribution in [0.15, 0.2) is 176 Å². The summed E-state index contributed by atoms with van der Waals surface area (Å²) in [5.41, 5.74) is 11.6. The lowest BCUT2D eigenvalue weighted by Crippen LogP contribution is -2.13. The van der Waals surface area contributed by atoms with E-state index in [1.54, 1.807) is 0 Å². The quantitative estimate of drug-likeness (QED) is 0.203. The van der Waals surface area contributed by atoms with E-state index in [2.05, 4.69) is 168 Å². The fraction of sp³-hybridized carbons (Fsp3) is 0. The molecule has 0 fully saturated rings. The minimum atomic E-state index is 0.651. The average Bonchev–Trinajstić information content (AvgIpc) is 3.24. The van der Waals surface area contributed by atoms with E-state index >= 15 is 0 Å². The topological polar surface area (TPSA) is 33.7 Å². The molecule has 2 bridgehead atoms. The Kier molecular flexibility index (Phi) is 6.46. The number of benzene rings is 8. The summed E-state index contributed by atoms with van der Waals surface area (Å²) >= 11 is 0. The molecule has 0 aromatic heterocycles. The second-order valence-electron chi connectivity index (χ2n) is 12.6. The molecule has 2 heterocycles. The average molecular weight is 643 g/mol. The van der Waals surface area contributed by atoms with Gasteiger partial charge in [-0.25, -0.2) is 0 Å². The first kappa shape index (κ1) is 28.3. The summed E-state index contributed by atoms with van der Waals surface area (Å²) in [4.78, 5) is 2.25. The molecule has 0 aliphatic carbocycles. The van der Waals surface area contributed by atoms with Crippen molar-refractivity contribution in [3.05, 3.63) is 176 Å². The van der Waals surface area contributed by atoms with Gasteiger partial charge in [0, 0.05) is 28.0 Å². The number of anilines is 5. The molecule has 2 aliphatic rings. The number of ether oxygens (including phenoxy) is 2. The summed E-state index contributed by atoms with van der Waals surface area (Å²) in [5.74, 6) is 2.72. The molecule has 236 valence electrons. The zero-order valence-corrected chi connectivity index (χ0v) is 27.0. The van der Waals surface area contributed by atoms with Crippen LogP contribution in [0.25, 0.3) is 44.2 Å². The maximum absolute atomic E-state index is 6.97. The first-order valence-electron chi connectivity index (χ1n) is 16.8. The van der Waals surface area contributed by atoms with Crippen molar-refractivity contribution in [2.45, 2.75) is 0 Å². The van der Waals surface area contributed by atoms with E-state index in [9.17, 15) is 0 Å². The van der Waals surface area contributed by atoms with Crippen LogP contribution >= 0.6 is 0 Å². The monoisotopic (exact) mass is 642 g/mol. The summed E-state index contributed by atoms with van der Waals surface area (Å²) < 4.78 is 13.9. The number of hydrogen-bond acceptors (Lipinski definition) is 4. The third kappa shape index (κ3) is 4.61. The summed E-state index contributed by atoms with van der Waals surface area (Å²) in [6.45, 7) is 0. The van der Waals surface area contributed by atoms with Crippen molar-refractivity contribution in [2.24, 2.45) is 0 Å². The molecule has 2 aliphatic heterocycles. The molecule has 0 saturated carbocycles. The van der Waals surface area contributed by atoms with Gasteiger partial charge in [0.15, 0.2) is 23.0 Å². The van der Waals surface area contributed by atoms with E-state index in [4.69, 9.17) is 9.47 Å². The normalized spacial score (nSPS) is 12.1. The number of nitrogens with zero attached hydrogens (tertiary/aromatic N) is 1. The lowest BCUT2D eigenvalue weighted by atomic mass is 9.96. The smallest absolute Gasteiger partial charge is 0.196 e. The highest BCUT2D eigenvalue weighted by Crippen LogP contribution is 2.59. The van der Waals surface area contributed by atoms with E-state index < -0.39 is 0 Å². The molecule has 0 atom stereocenters. The fourth-order valence-corrected chi connectivity index (χ4v) is 7.24. The van der Waals surface area contributed by atoms with Gasteiger partial charge in [-0.05, 0) is 81.7 Å². The standard InChI is InChI=1S/C46H30N2O2/c1-3-10-30(11-4-1)32-18-23-35(24-19-32)48(36-25-20-33(21-26-36)31-12-5-2-6-13-31)41-28-27-40-44-45(41)49-42-29-22-34-14-9-16-38(43(34)46(42)50-44)37-15-7-8-17-39(37)47-40/h1-29,47H. The Labute approximate surface area is 290 Å². The van der Waals surface area contributed by atoms with E-state index in [-0.39, 0.29) is 0 Å². The molecule has 10 rings (SSSR count). The predicted molar refractivity (Wildman–Crippen MR) is 205 cm³/mol. The highest BCUT2D eigenvalue weighted by Gasteiger charge is 2.32. The molecular formula is C46H30N2O2. The summed E-state index contributed by atoms with van der Waals surface area (Å²) in [7, 11) is 0. The van der Waals surface area contributed by atoms with Gasteiger partial charge >= 0.3 is 0 Å². The second-order valence-corrected chi connectivity index (χ2v) is 12.6. The SMILES string of the molecule is c1ccc(-c2ccc(N(c3ccc(-c4ccccc4)cc3)c3ccc4c5c3Oc3ccc6cccc(c6c3O5)-c3ccccc3N4)cc2)cc1. The van der Waals surface area contributed by atoms with Crippen LogP contribution in [0.5, 0.6) is 23.0 Å². The molecule has 4 nitrogen and oxygen atoms in total. The first-order valence-corrected chi connectivity index (χ1v) is 16.8. The molecule has 0 spiro atoms. The van der Waals surface area contributed by atoms with E-state index in [1.165, 1.54) is 11.1 Å². The lowest BCUT2D eigenvalue weighted by Gasteiger charge is -2.31. The van der Waals surface area contributed by atoms with Gasteiger partial charge in [-0.1, -0.05) is 127 Å². The number of fused-ring (bicyclic) bond motifs is 2. The lowest BCUT2D eigenvalue weighted by molar-refractivity contribution is 0.366. The van der Waals surface area contributed by atoms with Crippen molar-refractivity contribution < 1.29 is 9.47 Å². The molecule has 1 N–H and O–H groups in total. The zero-order valence-electron chi connectivity index (χ0n) is 27.0. The van der Waals surface area contributed by atoms with Crippen molar-refractivity contribution in [3.8, 4) is 56.4 Å². The van der Waals surface area contributed by atoms with Gasteiger partial charge in [0.2, 0.25) is 0 Å². The van der Waals surface area contributed by atoms with Crippen LogP contribution in [0.2, 0.25) is 0 Å². The molecule has 0 saturated heterocycles. The third-order valence-electron chi connectivity index (χ3n) is 9.66. The summed E-state index contributed by atoms with van der Waals surface area (Å²) in [6.07, 6.45) is 0. The van der Waals surface area contributed by atoms with Crippen molar-refractivity contribution in [3.63, 3.8) is 0 Å². The van der Waals surface area contributed by atoms with Crippen molar-refractivity contribution >= 4 is 39.2 Å². The van der Waals surface area contributed by atoms with Gasteiger partial charge in [0.1, 0.15) is 0 Å². The van der Waals surface area contributed by atoms with Gasteiger partial charge in [0.25, 0.3) is 0 Å². The van der Waals surface area contributed by atoms with E-state index in [1.807, 2.05) is 18.2 Å². The van der Waals surface area contributed by atoms with Gasteiger partial charge in [-0.15, -0.1) is 0 Å². The van der Waals surface area contributed by atoms with Crippen LogP contribution in [-0.4, -0.2) is 0 Å². The zero-order chi connectivity index (χ0) is 33.0. The number of rotatable bonds is 5. The number of nitrogens with one attached hydrogen (secondary N) is 1. The van der Waals surface area contributed by atoms with E-state index in [0.717, 1.165) is 67.2 Å². The molecule has 8 aromatic rings. The Hall–Kier alpha value is -6.78. The Morgan fingerprint density at radius 1 is 0.380 bits per heavy atom. The maximum atomic E-state index is 6.97. The minimum absolute atomic E-state index is 0.651. The predicted octanol–water partition coefficient (Wildman–Crippen LogP) is 13.3. The van der Waals surface area contributed by atoms with Crippen LogP contribution in [0.3, 0.4) is 0 Å². The molecule has 4 heteroatoms. The van der Waals surface area contributed by atoms with Crippen LogP contribution in [0.4, 0.5) is 28.4 Å². The summed E-state index contributed by atoms with van der Waals surface area (Å²) in [6, 6.07) is 61.5. The van der Waals surface area contributed by atoms with Crippen molar-refractivity contribution in [1.29, 1.82) is 0 Å². The van der Waals surface area contributed by atoms with Gasteiger partial charge < -0.3 is 19.7 Å². The molecule has 0 radical (unpaired) electrons. The number of hydrogen-bond donors (Lipinski definition) is 1. The fourth-order valence-electron chi connectivity index (χ4n) is 7.24. The van der Waals surface area contributed by atoms with Gasteiger partial charge in [-0.3, -0.25) is 0 Å². The minimum Gasteiger partial charge on any atom is -0.447 e. The van der Waals surface area contributed by atoms with Crippen molar-refractivity contribution in [1.82, 2.24) is 0 Å². The molecule has 8 aromatic carbocycles. The number of para-hydroxylation sites is 1. The molecular weight excluding hydrogens is 613 g/mol. The van der Waals surface area contributed by atoms with E-state index in [0.29, 0.717) is 17.2 Å². The third-order valence-corrected chi connectivity index (χ3v) is 9.66. The van der Waals surface area contributed by atoms with Crippen LogP contribution in [0.1, 0.15) is 0 Å². The van der Waals surface area contributed by atoms with Crippen molar-refractivity contribution in [2.75, 3.05) is 10.2 Å². The molecule has 50 heavy (non-hydrogen) atoms. The highest BCUT2D eigenvalue weighted by molar-refractivity contribution is 6.06. The van der Waals surface area contributed by atoms with Gasteiger partial charge in [-0.2, -0.15) is 0 Å². The van der Waals surface area contributed by atoms with Crippen LogP contribution in [0, 0.1) is 0 Å². The Balaban J connectivity index is 1.17. The Morgan fingerprint density at radius 2 is 0.980 bits per heavy atom. The Morgan fingerprint density at radius 3 is 1.66 bits per heavy atom. The second kappa shape index (κ2) is 11.4. The molecule has 0 amide bonds. The van der Waals surface area contributed by atoms with Crippen LogP contribution < -0.4 is 19.7 Å². The highest BCUT2D eigenvalue weighted by atomic mass is 16.6. The summed E-state index contributed by atoms with van der Waals surface area (Å²) in [5, 5.41) is 5.84.